The van der Waals surface area contributed by atoms with E-state index in [1.54, 1.807) is 37.1 Å². The molecule has 0 spiro atoms. The molecule has 7 nitrogen and oxygen atoms in total. The van der Waals surface area contributed by atoms with Gasteiger partial charge in [-0.15, -0.1) is 0 Å². The minimum Gasteiger partial charge on any atom is -0.497 e. The number of hydrogen-bond donors (Lipinski definition) is 1. The number of hydrazone groups is 1. The van der Waals surface area contributed by atoms with Crippen molar-refractivity contribution in [1.82, 2.24) is 15.2 Å². The molecular weight excluding hydrogens is 296 g/mol. The van der Waals surface area contributed by atoms with Crippen molar-refractivity contribution < 1.29 is 14.3 Å². The Morgan fingerprint density at radius 2 is 1.87 bits per heavy atom. The van der Waals surface area contributed by atoms with Crippen LogP contribution in [0.3, 0.4) is 0 Å². The van der Waals surface area contributed by atoms with Gasteiger partial charge < -0.3 is 9.47 Å². The zero-order valence-corrected chi connectivity index (χ0v) is 13.7. The van der Waals surface area contributed by atoms with Crippen molar-refractivity contribution in [2.75, 3.05) is 14.2 Å². The number of hydrogen-bond acceptors (Lipinski definition) is 5. The summed E-state index contributed by atoms with van der Waals surface area (Å²) in [5.41, 5.74) is 5.04. The average molecular weight is 316 g/mol. The van der Waals surface area contributed by atoms with Crippen molar-refractivity contribution in [3.05, 3.63) is 41.2 Å². The van der Waals surface area contributed by atoms with E-state index in [-0.39, 0.29) is 12.5 Å². The third-order valence-corrected chi connectivity index (χ3v) is 3.17. The lowest BCUT2D eigenvalue weighted by molar-refractivity contribution is -0.121. The first-order valence-electron chi connectivity index (χ1n) is 7.08. The third-order valence-electron chi connectivity index (χ3n) is 3.17. The number of rotatable bonds is 6. The second-order valence-corrected chi connectivity index (χ2v) is 5.02. The third kappa shape index (κ3) is 4.57. The molecule has 0 saturated carbocycles. The van der Waals surface area contributed by atoms with Gasteiger partial charge in [-0.3, -0.25) is 9.48 Å². The molecule has 1 aromatic carbocycles. The molecule has 0 aliphatic heterocycles. The molecule has 1 amide bonds. The van der Waals surface area contributed by atoms with E-state index in [4.69, 9.17) is 9.47 Å². The predicted octanol–water partition coefficient (Wildman–Crippen LogP) is 1.67. The van der Waals surface area contributed by atoms with Crippen LogP contribution in [0.15, 0.2) is 29.4 Å². The van der Waals surface area contributed by atoms with Crippen molar-refractivity contribution in [3.8, 4) is 11.5 Å². The Kier molecular flexibility index (Phi) is 5.35. The van der Waals surface area contributed by atoms with Crippen LogP contribution in [0, 0.1) is 13.8 Å². The smallest absolute Gasteiger partial charge is 0.261 e. The number of ether oxygens (including phenoxy) is 2. The van der Waals surface area contributed by atoms with Gasteiger partial charge >= 0.3 is 0 Å². The van der Waals surface area contributed by atoms with Gasteiger partial charge in [-0.2, -0.15) is 10.2 Å². The highest BCUT2D eigenvalue weighted by Crippen LogP contribution is 2.21. The number of nitrogens with zero attached hydrogens (tertiary/aromatic N) is 3. The van der Waals surface area contributed by atoms with Gasteiger partial charge in [0.25, 0.3) is 5.91 Å². The maximum absolute atomic E-state index is 11.9. The summed E-state index contributed by atoms with van der Waals surface area (Å²) in [5.74, 6) is 1.06. The predicted molar refractivity (Wildman–Crippen MR) is 87.0 cm³/mol. The lowest BCUT2D eigenvalue weighted by atomic mass is 10.2. The molecule has 0 unspecified atom stereocenters. The van der Waals surface area contributed by atoms with Gasteiger partial charge in [0.1, 0.15) is 18.0 Å². The van der Waals surface area contributed by atoms with E-state index in [2.05, 4.69) is 15.6 Å². The summed E-state index contributed by atoms with van der Waals surface area (Å²) < 4.78 is 12.0. The molecule has 0 aliphatic rings. The van der Waals surface area contributed by atoms with E-state index in [1.807, 2.05) is 19.9 Å². The van der Waals surface area contributed by atoms with E-state index >= 15 is 0 Å². The number of nitrogens with one attached hydrogen (secondary N) is 1. The quantitative estimate of drug-likeness (QED) is 0.649. The number of amides is 1. The van der Waals surface area contributed by atoms with Crippen LogP contribution < -0.4 is 14.9 Å². The second kappa shape index (κ2) is 7.44. The fourth-order valence-electron chi connectivity index (χ4n) is 2.09. The Labute approximate surface area is 134 Å². The number of benzene rings is 1. The molecule has 0 saturated heterocycles. The summed E-state index contributed by atoms with van der Waals surface area (Å²) in [6.45, 7) is 3.91. The molecule has 0 fully saturated rings. The number of methoxy groups -OCH3 is 2. The van der Waals surface area contributed by atoms with Gasteiger partial charge in [0.15, 0.2) is 0 Å². The van der Waals surface area contributed by atoms with Gasteiger partial charge in [-0.1, -0.05) is 0 Å². The fourth-order valence-corrected chi connectivity index (χ4v) is 2.09. The van der Waals surface area contributed by atoms with Crippen molar-refractivity contribution in [2.45, 2.75) is 20.4 Å². The summed E-state index contributed by atoms with van der Waals surface area (Å²) in [7, 11) is 3.15. The Balaban J connectivity index is 1.98. The van der Waals surface area contributed by atoms with Crippen LogP contribution in [0.2, 0.25) is 0 Å². The molecule has 122 valence electrons. The van der Waals surface area contributed by atoms with E-state index < -0.39 is 0 Å². The lowest BCUT2D eigenvalue weighted by Gasteiger charge is -2.06. The molecule has 1 N–H and O–H groups in total. The first-order chi connectivity index (χ1) is 11.0. The normalized spacial score (nSPS) is 10.8. The SMILES string of the molecule is COc1cc(/C=N\NC(=O)Cn2nc(C)cc2C)cc(OC)c1. The maximum Gasteiger partial charge on any atom is 0.261 e. The summed E-state index contributed by atoms with van der Waals surface area (Å²) in [5, 5.41) is 8.18. The van der Waals surface area contributed by atoms with Crippen LogP contribution in [-0.4, -0.2) is 36.1 Å². The molecule has 1 aromatic heterocycles. The molecular formula is C16H20N4O3. The fraction of sp³-hybridized carbons (Fsp3) is 0.312. The Bertz CT molecular complexity index is 700. The molecule has 0 bridgehead atoms. The average Bonchev–Trinajstić information content (AvgIpc) is 2.84. The number of carbonyl (C=O) groups excluding carboxylic acids is 1. The first-order valence-corrected chi connectivity index (χ1v) is 7.08. The molecule has 2 aromatic rings. The molecule has 0 radical (unpaired) electrons. The van der Waals surface area contributed by atoms with E-state index in [9.17, 15) is 4.79 Å². The van der Waals surface area contributed by atoms with Crippen LogP contribution in [0.25, 0.3) is 0 Å². The Hall–Kier alpha value is -2.83. The zero-order chi connectivity index (χ0) is 16.8. The van der Waals surface area contributed by atoms with E-state index in [0.717, 1.165) is 17.0 Å². The standard InChI is InChI=1S/C16H20N4O3/c1-11-5-12(2)20(19-11)10-16(21)18-17-9-13-6-14(22-3)8-15(7-13)23-4/h5-9H,10H2,1-4H3,(H,18,21)/b17-9-. The highest BCUT2D eigenvalue weighted by Gasteiger charge is 2.06. The number of aromatic nitrogens is 2. The Morgan fingerprint density at radius 3 is 2.39 bits per heavy atom. The van der Waals surface area contributed by atoms with Crippen LogP contribution in [-0.2, 0) is 11.3 Å². The summed E-state index contributed by atoms with van der Waals surface area (Å²) >= 11 is 0. The summed E-state index contributed by atoms with van der Waals surface area (Å²) in [6, 6.07) is 7.26. The molecule has 0 atom stereocenters. The maximum atomic E-state index is 11.9. The Morgan fingerprint density at radius 1 is 1.22 bits per heavy atom. The topological polar surface area (TPSA) is 77.7 Å². The van der Waals surface area contributed by atoms with Crippen molar-refractivity contribution in [3.63, 3.8) is 0 Å². The van der Waals surface area contributed by atoms with Crippen LogP contribution in [0.5, 0.6) is 11.5 Å². The highest BCUT2D eigenvalue weighted by molar-refractivity contribution is 5.83. The largest absolute Gasteiger partial charge is 0.497 e. The number of aryl methyl sites for hydroxylation is 2. The highest BCUT2D eigenvalue weighted by atomic mass is 16.5. The van der Waals surface area contributed by atoms with Crippen LogP contribution in [0.1, 0.15) is 17.0 Å². The number of carbonyl (C=O) groups is 1. The van der Waals surface area contributed by atoms with Crippen LogP contribution in [0.4, 0.5) is 0 Å². The monoisotopic (exact) mass is 316 g/mol. The van der Waals surface area contributed by atoms with Crippen molar-refractivity contribution in [2.24, 2.45) is 5.10 Å². The van der Waals surface area contributed by atoms with Gasteiger partial charge in [0, 0.05) is 17.3 Å². The molecule has 7 heteroatoms. The molecule has 2 rings (SSSR count). The molecule has 0 aliphatic carbocycles. The van der Waals surface area contributed by atoms with Gasteiger partial charge in [0.05, 0.1) is 26.1 Å². The minimum atomic E-state index is -0.248. The zero-order valence-electron chi connectivity index (χ0n) is 13.7. The second-order valence-electron chi connectivity index (χ2n) is 5.02. The lowest BCUT2D eigenvalue weighted by Crippen LogP contribution is -2.24. The molecule has 23 heavy (non-hydrogen) atoms. The molecule has 1 heterocycles. The van der Waals surface area contributed by atoms with E-state index in [1.165, 1.54) is 6.21 Å². The van der Waals surface area contributed by atoms with Crippen molar-refractivity contribution in [1.29, 1.82) is 0 Å². The minimum absolute atomic E-state index is 0.123. The van der Waals surface area contributed by atoms with Gasteiger partial charge in [0.2, 0.25) is 0 Å². The van der Waals surface area contributed by atoms with Crippen LogP contribution >= 0.6 is 0 Å². The first kappa shape index (κ1) is 16.5. The van der Waals surface area contributed by atoms with Gasteiger partial charge in [-0.25, -0.2) is 5.43 Å². The van der Waals surface area contributed by atoms with Crippen molar-refractivity contribution >= 4 is 12.1 Å². The summed E-state index contributed by atoms with van der Waals surface area (Å²) in [6.07, 6.45) is 1.53. The summed E-state index contributed by atoms with van der Waals surface area (Å²) in [4.78, 5) is 11.9. The van der Waals surface area contributed by atoms with E-state index in [0.29, 0.717) is 11.5 Å². The van der Waals surface area contributed by atoms with Gasteiger partial charge in [-0.05, 0) is 32.0 Å².